The molecule has 0 amide bonds. The maximum absolute atomic E-state index is 10.4. The topological polar surface area (TPSA) is 32.7 Å². The number of hydrogen-bond acceptors (Lipinski definition) is 3. The lowest BCUT2D eigenvalue weighted by molar-refractivity contribution is 0.290. The Bertz CT molecular complexity index is 692. The minimum atomic E-state index is 0.401. The van der Waals surface area contributed by atoms with Gasteiger partial charge in [0.1, 0.15) is 11.5 Å². The van der Waals surface area contributed by atoms with Crippen LogP contribution in [0, 0.1) is 0 Å². The molecule has 0 aliphatic carbocycles. The van der Waals surface area contributed by atoms with Crippen LogP contribution in [0.1, 0.15) is 69.1 Å². The summed E-state index contributed by atoms with van der Waals surface area (Å²) in [5.74, 6) is 2.18. The van der Waals surface area contributed by atoms with Crippen LogP contribution in [0.5, 0.6) is 11.5 Å². The van der Waals surface area contributed by atoms with E-state index in [1.165, 1.54) is 11.1 Å². The van der Waals surface area contributed by atoms with Crippen molar-refractivity contribution in [2.75, 3.05) is 20.2 Å². The van der Waals surface area contributed by atoms with E-state index in [0.717, 1.165) is 43.8 Å². The van der Waals surface area contributed by atoms with E-state index in [1.807, 2.05) is 18.2 Å². The summed E-state index contributed by atoms with van der Waals surface area (Å²) in [7, 11) is 1.70. The Kier molecular flexibility index (Phi) is 8.18. The fraction of sp³-hybridized carbons (Fsp3) is 0.500. The van der Waals surface area contributed by atoms with Crippen molar-refractivity contribution in [2.45, 2.75) is 58.9 Å². The van der Waals surface area contributed by atoms with Gasteiger partial charge in [-0.25, -0.2) is 0 Å². The second kappa shape index (κ2) is 10.4. The molecule has 3 heteroatoms. The summed E-state index contributed by atoms with van der Waals surface area (Å²) < 4.78 is 5.31. The van der Waals surface area contributed by atoms with Crippen molar-refractivity contribution < 1.29 is 9.84 Å². The van der Waals surface area contributed by atoms with Crippen LogP contribution < -0.4 is 4.74 Å². The largest absolute Gasteiger partial charge is 0.508 e. The number of hydrogen-bond donors (Lipinski definition) is 1. The highest BCUT2D eigenvalue weighted by Gasteiger charge is 2.23. The van der Waals surface area contributed by atoms with Gasteiger partial charge in [0.15, 0.2) is 0 Å². The van der Waals surface area contributed by atoms with Gasteiger partial charge in [-0.05, 0) is 67.1 Å². The molecule has 3 nitrogen and oxygen atoms in total. The average molecular weight is 370 g/mol. The summed E-state index contributed by atoms with van der Waals surface area (Å²) in [5.41, 5.74) is 3.70. The molecule has 0 aliphatic rings. The van der Waals surface area contributed by atoms with E-state index in [1.54, 1.807) is 7.11 Å². The summed E-state index contributed by atoms with van der Waals surface area (Å²) in [4.78, 5) is 2.33. The highest BCUT2D eigenvalue weighted by Crippen LogP contribution is 2.39. The Morgan fingerprint density at radius 3 is 1.93 bits per heavy atom. The first-order chi connectivity index (χ1) is 13.1. The first-order valence-corrected chi connectivity index (χ1v) is 10.3. The summed E-state index contributed by atoms with van der Waals surface area (Å²) in [6, 6.07) is 14.7. The molecule has 0 radical (unpaired) electrons. The van der Waals surface area contributed by atoms with Crippen molar-refractivity contribution in [1.82, 2.24) is 4.90 Å². The molecule has 1 N–H and O–H groups in total. The summed E-state index contributed by atoms with van der Waals surface area (Å²) in [6.07, 6.45) is 2.15. The zero-order valence-corrected chi connectivity index (χ0v) is 17.5. The molecular weight excluding hydrogens is 334 g/mol. The minimum Gasteiger partial charge on any atom is -0.508 e. The van der Waals surface area contributed by atoms with Gasteiger partial charge in [-0.1, -0.05) is 52.0 Å². The van der Waals surface area contributed by atoms with Crippen LogP contribution in [-0.2, 0) is 6.54 Å². The van der Waals surface area contributed by atoms with Crippen LogP contribution in [0.4, 0.5) is 0 Å². The number of phenolic OH excluding ortho intramolecular Hbond substituents is 1. The predicted molar refractivity (Wildman–Crippen MR) is 114 cm³/mol. The minimum absolute atomic E-state index is 0.401. The SMILES string of the molecule is CC[C@H](c1ccc(OC)cc1)[C@@H](CC)c1ccc(O)c(CN(CC)CC)c1. The lowest BCUT2D eigenvalue weighted by Gasteiger charge is -2.27. The van der Waals surface area contributed by atoms with Crippen molar-refractivity contribution in [3.8, 4) is 11.5 Å². The Morgan fingerprint density at radius 1 is 0.852 bits per heavy atom. The fourth-order valence-electron chi connectivity index (χ4n) is 4.01. The monoisotopic (exact) mass is 369 g/mol. The summed E-state index contributed by atoms with van der Waals surface area (Å²) in [5, 5.41) is 10.4. The second-order valence-corrected chi connectivity index (χ2v) is 7.15. The number of nitrogens with zero attached hydrogens (tertiary/aromatic N) is 1. The molecule has 0 bridgehead atoms. The summed E-state index contributed by atoms with van der Waals surface area (Å²) in [6.45, 7) is 11.6. The van der Waals surface area contributed by atoms with E-state index in [0.29, 0.717) is 17.6 Å². The molecule has 0 saturated carbocycles. The standard InChI is InChI=1S/C24H35NO2/c1-6-22(18-10-13-21(27-5)14-11-18)23(7-2)19-12-15-24(26)20(16-19)17-25(8-3)9-4/h10-16,22-23,26H,6-9,17H2,1-5H3/t22-,23+/m1/s1. The zero-order valence-electron chi connectivity index (χ0n) is 17.5. The number of phenols is 1. The quantitative estimate of drug-likeness (QED) is 0.563. The van der Waals surface area contributed by atoms with Gasteiger partial charge < -0.3 is 9.84 Å². The van der Waals surface area contributed by atoms with Gasteiger partial charge in [0.05, 0.1) is 7.11 Å². The van der Waals surface area contributed by atoms with Crippen molar-refractivity contribution in [3.63, 3.8) is 0 Å². The maximum Gasteiger partial charge on any atom is 0.120 e. The molecule has 27 heavy (non-hydrogen) atoms. The molecule has 2 aromatic carbocycles. The normalized spacial score (nSPS) is 13.6. The Balaban J connectivity index is 2.33. The van der Waals surface area contributed by atoms with Crippen molar-refractivity contribution in [3.05, 3.63) is 59.2 Å². The van der Waals surface area contributed by atoms with E-state index in [4.69, 9.17) is 4.74 Å². The van der Waals surface area contributed by atoms with Crippen molar-refractivity contribution in [1.29, 1.82) is 0 Å². The number of aromatic hydroxyl groups is 1. The highest BCUT2D eigenvalue weighted by molar-refractivity contribution is 5.40. The summed E-state index contributed by atoms with van der Waals surface area (Å²) >= 11 is 0. The second-order valence-electron chi connectivity index (χ2n) is 7.15. The molecule has 0 heterocycles. The number of methoxy groups -OCH3 is 1. The number of benzene rings is 2. The van der Waals surface area contributed by atoms with E-state index in [9.17, 15) is 5.11 Å². The van der Waals surface area contributed by atoms with Crippen LogP contribution in [0.25, 0.3) is 0 Å². The van der Waals surface area contributed by atoms with Crippen LogP contribution >= 0.6 is 0 Å². The predicted octanol–water partition coefficient (Wildman–Crippen LogP) is 5.93. The van der Waals surface area contributed by atoms with Gasteiger partial charge in [0, 0.05) is 12.1 Å². The molecule has 0 fully saturated rings. The third-order valence-electron chi connectivity index (χ3n) is 5.73. The van der Waals surface area contributed by atoms with Gasteiger partial charge >= 0.3 is 0 Å². The third-order valence-corrected chi connectivity index (χ3v) is 5.73. The first-order valence-electron chi connectivity index (χ1n) is 10.3. The van der Waals surface area contributed by atoms with Gasteiger partial charge in [-0.2, -0.15) is 0 Å². The molecule has 2 aromatic rings. The van der Waals surface area contributed by atoms with Crippen molar-refractivity contribution >= 4 is 0 Å². The molecule has 0 spiro atoms. The smallest absolute Gasteiger partial charge is 0.120 e. The molecule has 2 rings (SSSR count). The van der Waals surface area contributed by atoms with Gasteiger partial charge in [-0.15, -0.1) is 0 Å². The molecule has 0 saturated heterocycles. The van der Waals surface area contributed by atoms with Crippen molar-refractivity contribution in [2.24, 2.45) is 0 Å². The zero-order chi connectivity index (χ0) is 19.8. The van der Waals surface area contributed by atoms with Crippen LogP contribution in [0.3, 0.4) is 0 Å². The molecule has 0 aliphatic heterocycles. The van der Waals surface area contributed by atoms with Crippen LogP contribution in [0.15, 0.2) is 42.5 Å². The molecule has 0 unspecified atom stereocenters. The Hall–Kier alpha value is -2.00. The van der Waals surface area contributed by atoms with Crippen LogP contribution in [-0.4, -0.2) is 30.2 Å². The maximum atomic E-state index is 10.4. The third kappa shape index (κ3) is 5.26. The highest BCUT2D eigenvalue weighted by atomic mass is 16.5. The van der Waals surface area contributed by atoms with E-state index >= 15 is 0 Å². The van der Waals surface area contributed by atoms with Gasteiger partial charge in [0.25, 0.3) is 0 Å². The average Bonchev–Trinajstić information content (AvgIpc) is 2.71. The first kappa shape index (κ1) is 21.3. The molecule has 2 atom stereocenters. The van der Waals surface area contributed by atoms with Gasteiger partial charge in [-0.3, -0.25) is 4.90 Å². The Morgan fingerprint density at radius 2 is 1.41 bits per heavy atom. The molecule has 0 aromatic heterocycles. The van der Waals surface area contributed by atoms with E-state index < -0.39 is 0 Å². The lowest BCUT2D eigenvalue weighted by atomic mass is 9.78. The number of ether oxygens (including phenoxy) is 1. The fourth-order valence-corrected chi connectivity index (χ4v) is 4.01. The Labute approximate surface area is 165 Å². The lowest BCUT2D eigenvalue weighted by Crippen LogP contribution is -2.22. The van der Waals surface area contributed by atoms with Gasteiger partial charge in [0.2, 0.25) is 0 Å². The van der Waals surface area contributed by atoms with E-state index in [2.05, 4.69) is 56.9 Å². The molecular formula is C24H35NO2. The van der Waals surface area contributed by atoms with Crippen LogP contribution in [0.2, 0.25) is 0 Å². The number of rotatable bonds is 10. The molecule has 148 valence electrons. The van der Waals surface area contributed by atoms with E-state index in [-0.39, 0.29) is 0 Å².